The van der Waals surface area contributed by atoms with Gasteiger partial charge in [-0.3, -0.25) is 15.1 Å². The first kappa shape index (κ1) is 30.9. The summed E-state index contributed by atoms with van der Waals surface area (Å²) in [6, 6.07) is 18.4. The van der Waals surface area contributed by atoms with Crippen LogP contribution >= 0.6 is 23.8 Å². The standard InChI is InChI=1S/C34H37ClN6O3S/c1-20-14-21(2)19-38(18-20)29-11-9-24(16-27(29)35)40-33(32(37-34(40)45)28-8-6-7-13-36-28)26-15-22(3)39(23(26)4)30-12-10-25(41(42)43)17-31(30)44-5/h6-13,15-17,20-21,32-33H,14,18-19H2,1-5H3,(H,37,45). The SMILES string of the molecule is COc1cc([N+](=O)[O-])ccc1-n1c(C)cc(C2C(c3ccccn3)NC(=S)N2c2ccc(N3CC(C)CC(C)C3)c(Cl)c2)c1C. The number of nitro benzene ring substituents is 1. The van der Waals surface area contributed by atoms with Crippen LogP contribution in [0.4, 0.5) is 17.1 Å². The summed E-state index contributed by atoms with van der Waals surface area (Å²) in [5, 5.41) is 16.3. The highest BCUT2D eigenvalue weighted by Crippen LogP contribution is 2.46. The first-order valence-electron chi connectivity index (χ1n) is 15.1. The van der Waals surface area contributed by atoms with Crippen molar-refractivity contribution in [1.29, 1.82) is 0 Å². The molecule has 0 amide bonds. The molecule has 2 saturated heterocycles. The van der Waals surface area contributed by atoms with Crippen molar-refractivity contribution in [3.05, 3.63) is 105 Å². The molecule has 4 aromatic rings. The number of piperidine rings is 1. The van der Waals surface area contributed by atoms with E-state index in [0.29, 0.717) is 27.7 Å². The van der Waals surface area contributed by atoms with E-state index in [4.69, 9.17) is 33.5 Å². The summed E-state index contributed by atoms with van der Waals surface area (Å²) in [7, 11) is 1.52. The second-order valence-corrected chi connectivity index (χ2v) is 13.1. The van der Waals surface area contributed by atoms with Crippen LogP contribution in [0.25, 0.3) is 5.69 Å². The van der Waals surface area contributed by atoms with E-state index < -0.39 is 4.92 Å². The molecule has 0 spiro atoms. The lowest BCUT2D eigenvalue weighted by atomic mass is 9.91. The van der Waals surface area contributed by atoms with Gasteiger partial charge in [-0.2, -0.15) is 0 Å². The van der Waals surface area contributed by atoms with Gasteiger partial charge in [0, 0.05) is 42.4 Å². The van der Waals surface area contributed by atoms with E-state index in [0.717, 1.165) is 52.8 Å². The van der Waals surface area contributed by atoms with E-state index in [1.54, 1.807) is 12.3 Å². The van der Waals surface area contributed by atoms with Crippen LogP contribution in [0, 0.1) is 35.8 Å². The minimum atomic E-state index is -0.420. The maximum absolute atomic E-state index is 11.5. The van der Waals surface area contributed by atoms with Gasteiger partial charge in [0.1, 0.15) is 5.75 Å². The molecule has 45 heavy (non-hydrogen) atoms. The van der Waals surface area contributed by atoms with Crippen LogP contribution in [0.3, 0.4) is 0 Å². The molecule has 9 nitrogen and oxygen atoms in total. The Hall–Kier alpha value is -4.15. The number of anilines is 2. The highest BCUT2D eigenvalue weighted by Gasteiger charge is 2.42. The van der Waals surface area contributed by atoms with E-state index in [2.05, 4.69) is 51.7 Å². The number of thiocarbonyl (C=S) groups is 1. The van der Waals surface area contributed by atoms with Gasteiger partial charge in [-0.1, -0.05) is 31.5 Å². The van der Waals surface area contributed by atoms with Gasteiger partial charge in [-0.25, -0.2) is 0 Å². The molecule has 4 heterocycles. The average molecular weight is 645 g/mol. The van der Waals surface area contributed by atoms with Gasteiger partial charge in [0.15, 0.2) is 5.11 Å². The maximum Gasteiger partial charge on any atom is 0.273 e. The molecular formula is C34H37ClN6O3S. The zero-order chi connectivity index (χ0) is 32.0. The number of nitrogens with zero attached hydrogens (tertiary/aromatic N) is 5. The number of nitrogens with one attached hydrogen (secondary N) is 1. The lowest BCUT2D eigenvalue weighted by Crippen LogP contribution is -2.38. The Bertz CT molecular complexity index is 1750. The van der Waals surface area contributed by atoms with Crippen LogP contribution in [0.15, 0.2) is 66.9 Å². The zero-order valence-electron chi connectivity index (χ0n) is 26.0. The first-order chi connectivity index (χ1) is 21.6. The lowest BCUT2D eigenvalue weighted by Gasteiger charge is -2.37. The summed E-state index contributed by atoms with van der Waals surface area (Å²) in [5.41, 5.74) is 6.43. The second-order valence-electron chi connectivity index (χ2n) is 12.3. The van der Waals surface area contributed by atoms with E-state index in [-0.39, 0.29) is 17.8 Å². The molecule has 0 bridgehead atoms. The number of nitro groups is 1. The number of hydrogen-bond acceptors (Lipinski definition) is 6. The molecule has 2 aromatic carbocycles. The topological polar surface area (TPSA) is 88.7 Å². The number of halogens is 1. The van der Waals surface area contributed by atoms with Crippen LogP contribution in [-0.4, -0.2) is 39.8 Å². The summed E-state index contributed by atoms with van der Waals surface area (Å²) in [5.74, 6) is 1.63. The van der Waals surface area contributed by atoms with E-state index >= 15 is 0 Å². The summed E-state index contributed by atoms with van der Waals surface area (Å²) in [6.45, 7) is 10.6. The molecule has 11 heteroatoms. The third kappa shape index (κ3) is 5.73. The Morgan fingerprint density at radius 3 is 2.42 bits per heavy atom. The van der Waals surface area contributed by atoms with Crippen LogP contribution < -0.4 is 19.9 Å². The van der Waals surface area contributed by atoms with Gasteiger partial charge in [0.05, 0.1) is 52.3 Å². The average Bonchev–Trinajstić information content (AvgIpc) is 3.50. The van der Waals surface area contributed by atoms with Gasteiger partial charge in [-0.15, -0.1) is 0 Å². The maximum atomic E-state index is 11.5. The fourth-order valence-electron chi connectivity index (χ4n) is 7.13. The molecule has 0 radical (unpaired) electrons. The zero-order valence-corrected chi connectivity index (χ0v) is 27.6. The molecule has 2 aliphatic heterocycles. The van der Waals surface area contributed by atoms with Gasteiger partial charge >= 0.3 is 0 Å². The minimum Gasteiger partial charge on any atom is -0.494 e. The number of pyridine rings is 1. The van der Waals surface area contributed by atoms with Crippen LogP contribution in [0.1, 0.15) is 55.0 Å². The van der Waals surface area contributed by atoms with Crippen LogP contribution in [0.2, 0.25) is 5.02 Å². The fraction of sp³-hybridized carbons (Fsp3) is 0.353. The van der Waals surface area contributed by atoms with Crippen molar-refractivity contribution in [3.63, 3.8) is 0 Å². The van der Waals surface area contributed by atoms with Gasteiger partial charge in [-0.05, 0) is 92.4 Å². The summed E-state index contributed by atoms with van der Waals surface area (Å²) < 4.78 is 7.69. The van der Waals surface area contributed by atoms with E-state index in [9.17, 15) is 10.1 Å². The number of hydrogen-bond donors (Lipinski definition) is 1. The number of ether oxygens (including phenoxy) is 1. The molecule has 2 aliphatic rings. The van der Waals surface area contributed by atoms with Crippen molar-refractivity contribution < 1.29 is 9.66 Å². The molecule has 4 atom stereocenters. The molecule has 6 rings (SSSR count). The number of aryl methyl sites for hydroxylation is 1. The lowest BCUT2D eigenvalue weighted by molar-refractivity contribution is -0.384. The van der Waals surface area contributed by atoms with Crippen LogP contribution in [0.5, 0.6) is 5.75 Å². The third-order valence-electron chi connectivity index (χ3n) is 8.92. The summed E-state index contributed by atoms with van der Waals surface area (Å²) in [4.78, 5) is 20.3. The predicted molar refractivity (Wildman–Crippen MR) is 183 cm³/mol. The Kier molecular flexibility index (Phi) is 8.45. The highest BCUT2D eigenvalue weighted by molar-refractivity contribution is 7.80. The number of benzene rings is 2. The van der Waals surface area contributed by atoms with E-state index in [1.807, 2.05) is 38.1 Å². The Morgan fingerprint density at radius 1 is 1.04 bits per heavy atom. The van der Waals surface area contributed by atoms with Gasteiger partial charge in [0.25, 0.3) is 5.69 Å². The number of aromatic nitrogens is 2. The minimum absolute atomic E-state index is 0.0289. The Labute approximate surface area is 273 Å². The molecule has 2 fully saturated rings. The molecule has 234 valence electrons. The monoisotopic (exact) mass is 644 g/mol. The fourth-order valence-corrected chi connectivity index (χ4v) is 7.77. The molecule has 4 unspecified atom stereocenters. The normalized spacial score (nSPS) is 21.6. The van der Waals surface area contributed by atoms with Crippen molar-refractivity contribution in [3.8, 4) is 11.4 Å². The number of non-ortho nitro benzene ring substituents is 1. The third-order valence-corrected chi connectivity index (χ3v) is 9.54. The smallest absolute Gasteiger partial charge is 0.273 e. The van der Waals surface area contributed by atoms with Crippen molar-refractivity contribution in [2.75, 3.05) is 30.0 Å². The van der Waals surface area contributed by atoms with Crippen LogP contribution in [-0.2, 0) is 0 Å². The molecule has 0 aliphatic carbocycles. The quantitative estimate of drug-likeness (QED) is 0.124. The highest BCUT2D eigenvalue weighted by atomic mass is 35.5. The molecule has 1 N–H and O–H groups in total. The molecular weight excluding hydrogens is 608 g/mol. The first-order valence-corrected chi connectivity index (χ1v) is 15.9. The Morgan fingerprint density at radius 2 is 1.78 bits per heavy atom. The van der Waals surface area contributed by atoms with Gasteiger partial charge in [0.2, 0.25) is 0 Å². The van der Waals surface area contributed by atoms with Crippen molar-refractivity contribution >= 4 is 46.0 Å². The largest absolute Gasteiger partial charge is 0.494 e. The van der Waals surface area contributed by atoms with Crippen molar-refractivity contribution in [1.82, 2.24) is 14.9 Å². The van der Waals surface area contributed by atoms with Gasteiger partial charge < -0.3 is 24.4 Å². The molecule has 2 aromatic heterocycles. The Balaban J connectivity index is 1.45. The second kappa shape index (κ2) is 12.3. The van der Waals surface area contributed by atoms with Crippen molar-refractivity contribution in [2.24, 2.45) is 11.8 Å². The summed E-state index contributed by atoms with van der Waals surface area (Å²) >= 11 is 13.0. The van der Waals surface area contributed by atoms with Crippen molar-refractivity contribution in [2.45, 2.75) is 46.2 Å². The summed E-state index contributed by atoms with van der Waals surface area (Å²) in [6.07, 6.45) is 3.01. The molecule has 0 saturated carbocycles. The van der Waals surface area contributed by atoms with E-state index in [1.165, 1.54) is 25.7 Å². The number of rotatable bonds is 7. The predicted octanol–water partition coefficient (Wildman–Crippen LogP) is 7.72. The number of methoxy groups -OCH3 is 1.